The Hall–Kier alpha value is -2.18. The van der Waals surface area contributed by atoms with Gasteiger partial charge in [-0.1, -0.05) is 60.3 Å². The van der Waals surface area contributed by atoms with Crippen molar-refractivity contribution in [3.8, 4) is 0 Å². The van der Waals surface area contributed by atoms with Gasteiger partial charge in [-0.3, -0.25) is 4.79 Å². The van der Waals surface area contributed by atoms with Crippen molar-refractivity contribution in [2.45, 2.75) is 29.4 Å². The molecule has 1 N–H and O–H groups in total. The molecule has 2 aromatic carbocycles. The largest absolute Gasteiger partial charge is 0.356 e. The summed E-state index contributed by atoms with van der Waals surface area (Å²) < 4.78 is 14.5. The van der Waals surface area contributed by atoms with E-state index in [0.717, 1.165) is 22.9 Å². The van der Waals surface area contributed by atoms with E-state index in [1.54, 1.807) is 12.1 Å². The first-order valence-corrected chi connectivity index (χ1v) is 10.7. The molecule has 0 aliphatic rings. The molecule has 1 heterocycles. The lowest BCUT2D eigenvalue weighted by Gasteiger charge is -2.04. The zero-order valence-corrected chi connectivity index (χ0v) is 16.5. The molecule has 0 saturated carbocycles. The number of nitrogens with zero attached hydrogens (tertiary/aromatic N) is 1. The Morgan fingerprint density at radius 1 is 1.11 bits per heavy atom. The Morgan fingerprint density at radius 3 is 2.70 bits per heavy atom. The fourth-order valence-corrected chi connectivity index (χ4v) is 4.41. The maximum absolute atomic E-state index is 13.6. The second-order valence-corrected chi connectivity index (χ2v) is 8.18. The first-order chi connectivity index (χ1) is 13.2. The second-order valence-electron chi connectivity index (χ2n) is 6.10. The van der Waals surface area contributed by atoms with Crippen LogP contribution in [0.25, 0.3) is 0 Å². The number of hydrogen-bond donors (Lipinski definition) is 1. The highest BCUT2D eigenvalue weighted by Gasteiger charge is 2.09. The van der Waals surface area contributed by atoms with E-state index < -0.39 is 0 Å². The molecule has 0 aliphatic heterocycles. The van der Waals surface area contributed by atoms with E-state index in [-0.39, 0.29) is 18.1 Å². The van der Waals surface area contributed by atoms with Crippen molar-refractivity contribution in [2.24, 2.45) is 0 Å². The van der Waals surface area contributed by atoms with Gasteiger partial charge < -0.3 is 5.32 Å². The Morgan fingerprint density at radius 2 is 1.89 bits per heavy atom. The van der Waals surface area contributed by atoms with Crippen molar-refractivity contribution in [2.75, 3.05) is 6.54 Å². The third kappa shape index (κ3) is 6.48. The smallest absolute Gasteiger partial charge is 0.226 e. The average Bonchev–Trinajstić information content (AvgIpc) is 3.13. The second kappa shape index (κ2) is 10.2. The molecule has 3 rings (SSSR count). The van der Waals surface area contributed by atoms with E-state index in [2.05, 4.69) is 22.4 Å². The molecule has 0 saturated heterocycles. The molecular formula is C21H21FN2OS2. The molecule has 0 unspecified atom stereocenters. The fraction of sp³-hybridized carbons (Fsp3) is 0.238. The van der Waals surface area contributed by atoms with Crippen molar-refractivity contribution < 1.29 is 9.18 Å². The molecule has 27 heavy (non-hydrogen) atoms. The molecule has 0 radical (unpaired) electrons. The number of rotatable bonds is 9. The van der Waals surface area contributed by atoms with Crippen molar-refractivity contribution in [1.82, 2.24) is 10.3 Å². The SMILES string of the molecule is O=C(Cc1csc(SCc2ccccc2F)n1)NCCCc1ccccc1. The van der Waals surface area contributed by atoms with Gasteiger partial charge in [0.2, 0.25) is 5.91 Å². The normalized spacial score (nSPS) is 10.7. The van der Waals surface area contributed by atoms with Gasteiger partial charge in [-0.05, 0) is 30.0 Å². The van der Waals surface area contributed by atoms with Crippen LogP contribution in [0.15, 0.2) is 64.3 Å². The number of aryl methyl sites for hydroxylation is 1. The monoisotopic (exact) mass is 400 g/mol. The number of carbonyl (C=O) groups is 1. The maximum atomic E-state index is 13.6. The summed E-state index contributed by atoms with van der Waals surface area (Å²) in [6.07, 6.45) is 2.15. The molecule has 1 aromatic heterocycles. The van der Waals surface area contributed by atoms with Crippen LogP contribution in [0.4, 0.5) is 4.39 Å². The van der Waals surface area contributed by atoms with Gasteiger partial charge in [-0.15, -0.1) is 11.3 Å². The molecule has 3 nitrogen and oxygen atoms in total. The predicted molar refractivity (Wildman–Crippen MR) is 110 cm³/mol. The van der Waals surface area contributed by atoms with Crippen molar-refractivity contribution in [3.63, 3.8) is 0 Å². The van der Waals surface area contributed by atoms with E-state index in [1.165, 1.54) is 34.7 Å². The Labute approximate surface area is 167 Å². The first kappa shape index (κ1) is 19.6. The highest BCUT2D eigenvalue weighted by Crippen LogP contribution is 2.27. The summed E-state index contributed by atoms with van der Waals surface area (Å²) in [6, 6.07) is 17.0. The van der Waals surface area contributed by atoms with Crippen LogP contribution in [-0.2, 0) is 23.4 Å². The number of aromatic nitrogens is 1. The van der Waals surface area contributed by atoms with Crippen molar-refractivity contribution in [3.05, 3.63) is 82.6 Å². The Balaban J connectivity index is 1.38. The highest BCUT2D eigenvalue weighted by atomic mass is 32.2. The van der Waals surface area contributed by atoms with Crippen LogP contribution in [0, 0.1) is 5.82 Å². The third-order valence-corrected chi connectivity index (χ3v) is 6.11. The summed E-state index contributed by atoms with van der Waals surface area (Å²) in [7, 11) is 0. The van der Waals surface area contributed by atoms with E-state index in [1.807, 2.05) is 29.6 Å². The van der Waals surface area contributed by atoms with Crippen LogP contribution in [0.2, 0.25) is 0 Å². The van der Waals surface area contributed by atoms with Gasteiger partial charge in [-0.2, -0.15) is 0 Å². The van der Waals surface area contributed by atoms with E-state index in [0.29, 0.717) is 17.9 Å². The summed E-state index contributed by atoms with van der Waals surface area (Å²) >= 11 is 2.98. The summed E-state index contributed by atoms with van der Waals surface area (Å²) in [6.45, 7) is 0.659. The first-order valence-electron chi connectivity index (χ1n) is 8.82. The fourth-order valence-electron chi connectivity index (χ4n) is 2.58. The number of thioether (sulfide) groups is 1. The van der Waals surface area contributed by atoms with Gasteiger partial charge in [-0.25, -0.2) is 9.37 Å². The zero-order chi connectivity index (χ0) is 18.9. The van der Waals surface area contributed by atoms with Crippen molar-refractivity contribution >= 4 is 29.0 Å². The lowest BCUT2D eigenvalue weighted by atomic mass is 10.1. The third-order valence-electron chi connectivity index (χ3n) is 3.99. The quantitative estimate of drug-likeness (QED) is 0.412. The molecule has 3 aromatic rings. The van der Waals surface area contributed by atoms with Crippen LogP contribution >= 0.6 is 23.1 Å². The molecule has 1 amide bonds. The van der Waals surface area contributed by atoms with Crippen LogP contribution in [-0.4, -0.2) is 17.4 Å². The number of amides is 1. The van der Waals surface area contributed by atoms with Gasteiger partial charge in [0.05, 0.1) is 12.1 Å². The molecule has 0 fully saturated rings. The number of thiazole rings is 1. The molecule has 6 heteroatoms. The van der Waals surface area contributed by atoms with Gasteiger partial charge >= 0.3 is 0 Å². The van der Waals surface area contributed by atoms with Crippen LogP contribution in [0.1, 0.15) is 23.2 Å². The van der Waals surface area contributed by atoms with E-state index >= 15 is 0 Å². The van der Waals surface area contributed by atoms with Crippen LogP contribution in [0.5, 0.6) is 0 Å². The molecule has 0 atom stereocenters. The van der Waals surface area contributed by atoms with E-state index in [4.69, 9.17) is 0 Å². The topological polar surface area (TPSA) is 42.0 Å². The molecule has 0 bridgehead atoms. The average molecular weight is 401 g/mol. The van der Waals surface area contributed by atoms with Gasteiger partial charge in [0.15, 0.2) is 0 Å². The van der Waals surface area contributed by atoms with Gasteiger partial charge in [0.1, 0.15) is 10.2 Å². The molecule has 140 valence electrons. The lowest BCUT2D eigenvalue weighted by Crippen LogP contribution is -2.26. The summed E-state index contributed by atoms with van der Waals surface area (Å²) in [5, 5.41) is 4.84. The van der Waals surface area contributed by atoms with Crippen LogP contribution < -0.4 is 5.32 Å². The lowest BCUT2D eigenvalue weighted by molar-refractivity contribution is -0.120. The number of carbonyl (C=O) groups excluding carboxylic acids is 1. The summed E-state index contributed by atoms with van der Waals surface area (Å²) in [5.41, 5.74) is 2.70. The zero-order valence-electron chi connectivity index (χ0n) is 14.9. The summed E-state index contributed by atoms with van der Waals surface area (Å²) in [4.78, 5) is 16.5. The minimum atomic E-state index is -0.198. The van der Waals surface area contributed by atoms with E-state index in [9.17, 15) is 9.18 Å². The number of benzene rings is 2. The van der Waals surface area contributed by atoms with Crippen molar-refractivity contribution in [1.29, 1.82) is 0 Å². The Bertz CT molecular complexity index is 867. The number of nitrogens with one attached hydrogen (secondary N) is 1. The summed E-state index contributed by atoms with van der Waals surface area (Å²) in [5.74, 6) is 0.321. The molecular weight excluding hydrogens is 379 g/mol. The minimum absolute atomic E-state index is 0.0148. The molecule has 0 aliphatic carbocycles. The standard InChI is InChI=1S/C21H21FN2OS2/c22-19-11-5-4-10-17(19)14-26-21-24-18(15-27-21)13-20(25)23-12-6-9-16-7-2-1-3-8-16/h1-5,7-8,10-11,15H,6,9,12-14H2,(H,23,25). The number of halogens is 1. The Kier molecular flexibility index (Phi) is 7.42. The maximum Gasteiger partial charge on any atom is 0.226 e. The van der Waals surface area contributed by atoms with Crippen LogP contribution in [0.3, 0.4) is 0 Å². The van der Waals surface area contributed by atoms with Gasteiger partial charge in [0.25, 0.3) is 0 Å². The predicted octanol–water partition coefficient (Wildman–Crippen LogP) is 4.87. The minimum Gasteiger partial charge on any atom is -0.356 e. The highest BCUT2D eigenvalue weighted by molar-refractivity contribution is 8.00. The molecule has 0 spiro atoms. The number of hydrogen-bond acceptors (Lipinski definition) is 4. The van der Waals surface area contributed by atoms with Gasteiger partial charge in [0, 0.05) is 17.7 Å².